The topological polar surface area (TPSA) is 83.6 Å². The van der Waals surface area contributed by atoms with Crippen molar-refractivity contribution in [1.29, 1.82) is 0 Å². The summed E-state index contributed by atoms with van der Waals surface area (Å²) in [4.78, 5) is 27.0. The van der Waals surface area contributed by atoms with Gasteiger partial charge in [0.15, 0.2) is 9.84 Å². The molecule has 0 saturated carbocycles. The first kappa shape index (κ1) is 20.1. The largest absolute Gasteiger partial charge is 0.325 e. The first-order valence-corrected chi connectivity index (χ1v) is 11.2. The van der Waals surface area contributed by atoms with Crippen LogP contribution in [-0.4, -0.2) is 33.0 Å². The van der Waals surface area contributed by atoms with Crippen LogP contribution in [0.1, 0.15) is 23.1 Å². The molecule has 1 saturated heterocycles. The maximum atomic E-state index is 12.8. The van der Waals surface area contributed by atoms with Gasteiger partial charge < -0.3 is 10.2 Å². The number of nitrogens with zero attached hydrogens (tertiary/aromatic N) is 1. The highest BCUT2D eigenvalue weighted by atomic mass is 32.2. The fourth-order valence-corrected chi connectivity index (χ4v) is 4.30. The van der Waals surface area contributed by atoms with E-state index in [2.05, 4.69) is 5.32 Å². The number of sulfone groups is 1. The van der Waals surface area contributed by atoms with E-state index in [0.29, 0.717) is 24.2 Å². The molecule has 0 unspecified atom stereocenters. The van der Waals surface area contributed by atoms with Crippen LogP contribution in [0.2, 0.25) is 0 Å². The number of benzene rings is 2. The summed E-state index contributed by atoms with van der Waals surface area (Å²) in [5.41, 5.74) is 4.16. The Morgan fingerprint density at radius 3 is 2.29 bits per heavy atom. The lowest BCUT2D eigenvalue weighted by Gasteiger charge is -2.18. The molecule has 28 heavy (non-hydrogen) atoms. The van der Waals surface area contributed by atoms with E-state index in [-0.39, 0.29) is 17.6 Å². The Balaban J connectivity index is 1.67. The Bertz CT molecular complexity index is 993. The van der Waals surface area contributed by atoms with Crippen LogP contribution in [0.5, 0.6) is 0 Å². The molecule has 6 nitrogen and oxygen atoms in total. The number of hydrogen-bond donors (Lipinski definition) is 1. The molecular formula is C21H24N2O4S. The predicted octanol–water partition coefficient (Wildman–Crippen LogP) is 2.84. The van der Waals surface area contributed by atoms with Crippen molar-refractivity contribution in [3.05, 3.63) is 59.2 Å². The van der Waals surface area contributed by atoms with E-state index in [4.69, 9.17) is 0 Å². The molecule has 0 radical (unpaired) electrons. The van der Waals surface area contributed by atoms with Crippen LogP contribution in [-0.2, 0) is 25.2 Å². The summed E-state index contributed by atoms with van der Waals surface area (Å²) >= 11 is 0. The first-order chi connectivity index (χ1) is 13.1. The molecule has 7 heteroatoms. The minimum absolute atomic E-state index is 0.0484. The van der Waals surface area contributed by atoms with Gasteiger partial charge in [-0.2, -0.15) is 0 Å². The minimum Gasteiger partial charge on any atom is -0.325 e. The normalized spacial score (nSPS) is 17.0. The monoisotopic (exact) mass is 400 g/mol. The third kappa shape index (κ3) is 4.78. The van der Waals surface area contributed by atoms with Crippen LogP contribution < -0.4 is 10.2 Å². The molecule has 0 spiro atoms. The quantitative estimate of drug-likeness (QED) is 0.783. The van der Waals surface area contributed by atoms with E-state index >= 15 is 0 Å². The van der Waals surface area contributed by atoms with Gasteiger partial charge in [0.1, 0.15) is 5.92 Å². The zero-order valence-electron chi connectivity index (χ0n) is 16.2. The van der Waals surface area contributed by atoms with Crippen molar-refractivity contribution in [3.8, 4) is 0 Å². The molecule has 1 heterocycles. The zero-order chi connectivity index (χ0) is 20.5. The Kier molecular flexibility index (Phi) is 5.56. The number of aryl methyl sites for hydroxylation is 2. The number of anilines is 2. The van der Waals surface area contributed by atoms with E-state index in [1.165, 1.54) is 6.26 Å². The van der Waals surface area contributed by atoms with Crippen molar-refractivity contribution in [3.63, 3.8) is 0 Å². The molecule has 0 bridgehead atoms. The van der Waals surface area contributed by atoms with Gasteiger partial charge in [-0.15, -0.1) is 0 Å². The molecule has 1 aliphatic heterocycles. The predicted molar refractivity (Wildman–Crippen MR) is 110 cm³/mol. The summed E-state index contributed by atoms with van der Waals surface area (Å²) in [5.74, 6) is -1.31. The van der Waals surface area contributed by atoms with Crippen molar-refractivity contribution >= 4 is 33.0 Å². The lowest BCUT2D eigenvalue weighted by Crippen LogP contribution is -2.33. The second-order valence-electron chi connectivity index (χ2n) is 7.43. The highest BCUT2D eigenvalue weighted by Gasteiger charge is 2.37. The third-order valence-electron chi connectivity index (χ3n) is 4.69. The Morgan fingerprint density at radius 1 is 1.11 bits per heavy atom. The molecule has 1 aliphatic rings. The lowest BCUT2D eigenvalue weighted by molar-refractivity contribution is -0.129. The summed E-state index contributed by atoms with van der Waals surface area (Å²) in [6.45, 7) is 4.47. The van der Waals surface area contributed by atoms with E-state index in [0.717, 1.165) is 16.8 Å². The maximum Gasteiger partial charge on any atom is 0.239 e. The van der Waals surface area contributed by atoms with Crippen molar-refractivity contribution in [2.75, 3.05) is 23.0 Å². The summed E-state index contributed by atoms with van der Waals surface area (Å²) in [6, 6.07) is 12.6. The van der Waals surface area contributed by atoms with Crippen molar-refractivity contribution < 1.29 is 18.0 Å². The smallest absolute Gasteiger partial charge is 0.239 e. The Labute approximate surface area is 165 Å². The fourth-order valence-electron chi connectivity index (χ4n) is 3.50. The van der Waals surface area contributed by atoms with Gasteiger partial charge in [0.25, 0.3) is 0 Å². The van der Waals surface area contributed by atoms with Crippen molar-refractivity contribution in [2.45, 2.75) is 26.0 Å². The summed E-state index contributed by atoms with van der Waals surface area (Å²) in [6.07, 6.45) is 1.64. The van der Waals surface area contributed by atoms with Crippen LogP contribution in [0.15, 0.2) is 42.5 Å². The SMILES string of the molecule is Cc1cc(C)cc(N2CC[C@@H](C(=O)Nc3ccc(CS(C)(=O)=O)cc3)C2=O)c1. The van der Waals surface area contributed by atoms with Gasteiger partial charge in [0, 0.05) is 24.2 Å². The number of nitrogens with one attached hydrogen (secondary N) is 1. The molecule has 2 aromatic rings. The molecule has 2 amide bonds. The van der Waals surface area contributed by atoms with Gasteiger partial charge >= 0.3 is 0 Å². The maximum absolute atomic E-state index is 12.8. The van der Waals surface area contributed by atoms with Gasteiger partial charge in [-0.3, -0.25) is 9.59 Å². The van der Waals surface area contributed by atoms with E-state index in [9.17, 15) is 18.0 Å². The summed E-state index contributed by atoms with van der Waals surface area (Å²) < 4.78 is 22.7. The minimum atomic E-state index is -3.11. The molecule has 148 valence electrons. The van der Waals surface area contributed by atoms with Crippen LogP contribution in [0.4, 0.5) is 11.4 Å². The van der Waals surface area contributed by atoms with E-state index < -0.39 is 15.8 Å². The number of carbonyl (C=O) groups is 2. The van der Waals surface area contributed by atoms with Gasteiger partial charge in [-0.25, -0.2) is 8.42 Å². The van der Waals surface area contributed by atoms with Crippen molar-refractivity contribution in [2.24, 2.45) is 5.92 Å². The molecule has 0 aliphatic carbocycles. The van der Waals surface area contributed by atoms with Crippen LogP contribution in [0, 0.1) is 19.8 Å². The van der Waals surface area contributed by atoms with Gasteiger partial charge in [0.2, 0.25) is 11.8 Å². The number of rotatable bonds is 5. The molecule has 0 aromatic heterocycles. The Morgan fingerprint density at radius 2 is 1.71 bits per heavy atom. The number of hydrogen-bond acceptors (Lipinski definition) is 4. The average molecular weight is 401 g/mol. The van der Waals surface area contributed by atoms with Gasteiger partial charge in [-0.1, -0.05) is 18.2 Å². The Hall–Kier alpha value is -2.67. The number of amides is 2. The van der Waals surface area contributed by atoms with Crippen molar-refractivity contribution in [1.82, 2.24) is 0 Å². The molecule has 1 atom stereocenters. The molecule has 1 fully saturated rings. The fraction of sp³-hybridized carbons (Fsp3) is 0.333. The zero-order valence-corrected chi connectivity index (χ0v) is 17.0. The van der Waals surface area contributed by atoms with Gasteiger partial charge in [-0.05, 0) is 61.2 Å². The van der Waals surface area contributed by atoms with E-state index in [1.807, 2.05) is 32.0 Å². The molecular weight excluding hydrogens is 376 g/mol. The average Bonchev–Trinajstić information content (AvgIpc) is 2.96. The molecule has 1 N–H and O–H groups in total. The highest BCUT2D eigenvalue weighted by molar-refractivity contribution is 7.89. The lowest BCUT2D eigenvalue weighted by atomic mass is 10.1. The van der Waals surface area contributed by atoms with Crippen LogP contribution in [0.3, 0.4) is 0 Å². The highest BCUT2D eigenvalue weighted by Crippen LogP contribution is 2.28. The second-order valence-corrected chi connectivity index (χ2v) is 9.57. The second kappa shape index (κ2) is 7.75. The standard InChI is InChI=1S/C21H24N2O4S/c1-14-10-15(2)12-18(11-14)23-9-8-19(21(23)25)20(24)22-17-6-4-16(5-7-17)13-28(3,26)27/h4-7,10-12,19H,8-9,13H2,1-3H3,(H,22,24)/t19-/m0/s1. The van der Waals surface area contributed by atoms with Gasteiger partial charge in [0.05, 0.1) is 5.75 Å². The molecule has 2 aromatic carbocycles. The summed E-state index contributed by atoms with van der Waals surface area (Å²) in [5, 5.41) is 2.76. The van der Waals surface area contributed by atoms with Crippen LogP contribution in [0.25, 0.3) is 0 Å². The van der Waals surface area contributed by atoms with E-state index in [1.54, 1.807) is 29.2 Å². The first-order valence-electron chi connectivity index (χ1n) is 9.09. The third-order valence-corrected chi connectivity index (χ3v) is 5.55. The van der Waals surface area contributed by atoms with Crippen LogP contribution >= 0.6 is 0 Å². The number of carbonyl (C=O) groups excluding carboxylic acids is 2. The summed E-state index contributed by atoms with van der Waals surface area (Å²) in [7, 11) is -3.11. The molecule has 3 rings (SSSR count).